The summed E-state index contributed by atoms with van der Waals surface area (Å²) in [5.41, 5.74) is 3.28. The van der Waals surface area contributed by atoms with Crippen molar-refractivity contribution >= 4 is 35.2 Å². The van der Waals surface area contributed by atoms with Crippen molar-refractivity contribution in [1.82, 2.24) is 5.43 Å². The number of carbonyl (C=O) groups is 2. The summed E-state index contributed by atoms with van der Waals surface area (Å²) >= 11 is 5.90. The van der Waals surface area contributed by atoms with Gasteiger partial charge in [-0.2, -0.15) is 0 Å². The van der Waals surface area contributed by atoms with Crippen molar-refractivity contribution in [2.24, 2.45) is 0 Å². The Hall–Kier alpha value is -2.79. The number of rotatable bonds is 2. The standard InChI is InChI=1S/C16H11ClN2O3/c17-11-5-3-6-12(9-11)19-16(22)13(15(21)18-19)8-10-4-1-2-7-14(10)20/h1-9,20H,(H,18,21)/b13-8-. The van der Waals surface area contributed by atoms with Crippen molar-refractivity contribution in [3.05, 3.63) is 64.7 Å². The molecular weight excluding hydrogens is 304 g/mol. The Bertz CT molecular complexity index is 801. The molecule has 3 rings (SSSR count). The van der Waals surface area contributed by atoms with Gasteiger partial charge in [0, 0.05) is 10.6 Å². The molecule has 0 radical (unpaired) electrons. The van der Waals surface area contributed by atoms with Gasteiger partial charge in [0.15, 0.2) is 0 Å². The van der Waals surface area contributed by atoms with E-state index in [9.17, 15) is 14.7 Å². The second-order valence-corrected chi connectivity index (χ2v) is 5.11. The minimum atomic E-state index is -0.534. The number of nitrogens with one attached hydrogen (secondary N) is 1. The largest absolute Gasteiger partial charge is 0.507 e. The summed E-state index contributed by atoms with van der Waals surface area (Å²) in [7, 11) is 0. The van der Waals surface area contributed by atoms with Gasteiger partial charge in [0.2, 0.25) is 0 Å². The molecule has 0 unspecified atom stereocenters. The molecule has 1 aliphatic heterocycles. The molecule has 0 aromatic heterocycles. The van der Waals surface area contributed by atoms with Gasteiger partial charge in [-0.3, -0.25) is 15.0 Å². The van der Waals surface area contributed by atoms with E-state index in [-0.39, 0.29) is 11.3 Å². The third-order valence-corrected chi connectivity index (χ3v) is 3.43. The van der Waals surface area contributed by atoms with Gasteiger partial charge in [0.05, 0.1) is 5.69 Å². The smallest absolute Gasteiger partial charge is 0.282 e. The van der Waals surface area contributed by atoms with Gasteiger partial charge in [-0.15, -0.1) is 0 Å². The highest BCUT2D eigenvalue weighted by molar-refractivity contribution is 6.33. The van der Waals surface area contributed by atoms with Gasteiger partial charge < -0.3 is 5.11 Å². The molecule has 2 N–H and O–H groups in total. The van der Waals surface area contributed by atoms with Crippen LogP contribution in [0.4, 0.5) is 5.69 Å². The number of nitrogens with zero attached hydrogens (tertiary/aromatic N) is 1. The molecule has 0 saturated carbocycles. The van der Waals surface area contributed by atoms with E-state index in [0.29, 0.717) is 16.3 Å². The topological polar surface area (TPSA) is 69.6 Å². The molecule has 1 saturated heterocycles. The molecule has 6 heteroatoms. The van der Waals surface area contributed by atoms with Crippen molar-refractivity contribution in [2.45, 2.75) is 0 Å². The maximum Gasteiger partial charge on any atom is 0.282 e. The highest BCUT2D eigenvalue weighted by atomic mass is 35.5. The number of amides is 2. The molecule has 22 heavy (non-hydrogen) atoms. The molecule has 1 aliphatic rings. The van der Waals surface area contributed by atoms with Gasteiger partial charge in [-0.1, -0.05) is 35.9 Å². The van der Waals surface area contributed by atoms with Crippen molar-refractivity contribution in [3.63, 3.8) is 0 Å². The lowest BCUT2D eigenvalue weighted by Crippen LogP contribution is -2.35. The zero-order valence-corrected chi connectivity index (χ0v) is 12.0. The predicted molar refractivity (Wildman–Crippen MR) is 83.2 cm³/mol. The quantitative estimate of drug-likeness (QED) is 0.661. The van der Waals surface area contributed by atoms with E-state index in [1.54, 1.807) is 42.5 Å². The van der Waals surface area contributed by atoms with Crippen LogP contribution in [-0.4, -0.2) is 16.9 Å². The van der Waals surface area contributed by atoms with E-state index in [0.717, 1.165) is 5.01 Å². The number of benzene rings is 2. The van der Waals surface area contributed by atoms with Gasteiger partial charge in [0.1, 0.15) is 11.3 Å². The lowest BCUT2D eigenvalue weighted by Gasteiger charge is -2.14. The van der Waals surface area contributed by atoms with Gasteiger partial charge in [-0.05, 0) is 30.3 Å². The molecule has 1 heterocycles. The number of carbonyl (C=O) groups excluding carboxylic acids is 2. The van der Waals surface area contributed by atoms with Crippen LogP contribution in [0.2, 0.25) is 5.02 Å². The Labute approximate surface area is 131 Å². The molecule has 0 atom stereocenters. The average Bonchev–Trinajstić information content (AvgIpc) is 2.77. The van der Waals surface area contributed by atoms with Crippen molar-refractivity contribution in [1.29, 1.82) is 0 Å². The summed E-state index contributed by atoms with van der Waals surface area (Å²) in [5, 5.41) is 11.3. The molecule has 1 fully saturated rings. The molecule has 5 nitrogen and oxygen atoms in total. The monoisotopic (exact) mass is 314 g/mol. The SMILES string of the molecule is O=C1NN(c2cccc(Cl)c2)C(=O)/C1=C\c1ccccc1O. The third-order valence-electron chi connectivity index (χ3n) is 3.19. The molecule has 2 amide bonds. The summed E-state index contributed by atoms with van der Waals surface area (Å²) < 4.78 is 0. The van der Waals surface area contributed by atoms with E-state index >= 15 is 0 Å². The number of halogens is 1. The Morgan fingerprint density at radius 1 is 1.09 bits per heavy atom. The van der Waals surface area contributed by atoms with E-state index in [4.69, 9.17) is 11.6 Å². The normalized spacial score (nSPS) is 16.2. The first kappa shape index (κ1) is 14.2. The molecule has 110 valence electrons. The van der Waals surface area contributed by atoms with E-state index < -0.39 is 11.8 Å². The molecule has 0 spiro atoms. The number of aromatic hydroxyl groups is 1. The second-order valence-electron chi connectivity index (χ2n) is 4.68. The first-order valence-electron chi connectivity index (χ1n) is 6.47. The van der Waals surface area contributed by atoms with Gasteiger partial charge in [0.25, 0.3) is 11.8 Å². The maximum absolute atomic E-state index is 12.4. The number of hydrogen-bond acceptors (Lipinski definition) is 3. The van der Waals surface area contributed by atoms with Crippen LogP contribution in [0.5, 0.6) is 5.75 Å². The predicted octanol–water partition coefficient (Wildman–Crippen LogP) is 2.51. The number of anilines is 1. The lowest BCUT2D eigenvalue weighted by molar-refractivity contribution is -0.117. The maximum atomic E-state index is 12.4. The molecule has 2 aromatic rings. The number of phenolic OH excluding ortho intramolecular Hbond substituents is 1. The second kappa shape index (κ2) is 5.54. The van der Waals surface area contributed by atoms with Gasteiger partial charge in [-0.25, -0.2) is 5.01 Å². The molecule has 0 bridgehead atoms. The van der Waals surface area contributed by atoms with Crippen LogP contribution >= 0.6 is 11.6 Å². The summed E-state index contributed by atoms with van der Waals surface area (Å²) in [6.07, 6.45) is 1.36. The van der Waals surface area contributed by atoms with Crippen molar-refractivity contribution in [3.8, 4) is 5.75 Å². The zero-order valence-electron chi connectivity index (χ0n) is 11.3. The third kappa shape index (κ3) is 2.54. The number of phenols is 1. The van der Waals surface area contributed by atoms with E-state index in [1.165, 1.54) is 12.1 Å². The number of hydrogen-bond donors (Lipinski definition) is 2. The van der Waals surface area contributed by atoms with Crippen LogP contribution in [0, 0.1) is 0 Å². The first-order chi connectivity index (χ1) is 10.6. The Kier molecular flexibility index (Phi) is 3.56. The summed E-state index contributed by atoms with van der Waals surface area (Å²) in [4.78, 5) is 24.4. The Morgan fingerprint density at radius 2 is 1.86 bits per heavy atom. The van der Waals surface area contributed by atoms with Gasteiger partial charge >= 0.3 is 0 Å². The van der Waals surface area contributed by atoms with Crippen molar-refractivity contribution in [2.75, 3.05) is 5.01 Å². The Morgan fingerprint density at radius 3 is 2.59 bits per heavy atom. The zero-order chi connectivity index (χ0) is 15.7. The molecular formula is C16H11ClN2O3. The first-order valence-corrected chi connectivity index (χ1v) is 6.85. The fourth-order valence-corrected chi connectivity index (χ4v) is 2.30. The molecule has 2 aromatic carbocycles. The summed E-state index contributed by atoms with van der Waals surface area (Å²) in [5.74, 6) is -1.04. The van der Waals surface area contributed by atoms with Crippen LogP contribution in [0.3, 0.4) is 0 Å². The fourth-order valence-electron chi connectivity index (χ4n) is 2.12. The van der Waals surface area contributed by atoms with E-state index in [2.05, 4.69) is 5.43 Å². The van der Waals surface area contributed by atoms with Crippen LogP contribution in [-0.2, 0) is 9.59 Å². The van der Waals surface area contributed by atoms with E-state index in [1.807, 2.05) is 0 Å². The van der Waals surface area contributed by atoms with Crippen molar-refractivity contribution < 1.29 is 14.7 Å². The minimum Gasteiger partial charge on any atom is -0.507 e. The summed E-state index contributed by atoms with van der Waals surface area (Å²) in [6.45, 7) is 0. The highest BCUT2D eigenvalue weighted by Crippen LogP contribution is 2.25. The van der Waals surface area contributed by atoms with Crippen LogP contribution in [0.1, 0.15) is 5.56 Å². The summed E-state index contributed by atoms with van der Waals surface area (Å²) in [6, 6.07) is 13.1. The lowest BCUT2D eigenvalue weighted by atomic mass is 10.1. The fraction of sp³-hybridized carbons (Fsp3) is 0. The highest BCUT2D eigenvalue weighted by Gasteiger charge is 2.34. The Balaban J connectivity index is 1.97. The number of para-hydroxylation sites is 1. The van der Waals surface area contributed by atoms with Crippen LogP contribution in [0.25, 0.3) is 6.08 Å². The van der Waals surface area contributed by atoms with Crippen LogP contribution < -0.4 is 10.4 Å². The average molecular weight is 315 g/mol. The molecule has 0 aliphatic carbocycles. The minimum absolute atomic E-state index is 0.00296. The number of hydrazine groups is 1. The van der Waals surface area contributed by atoms with Crippen LogP contribution in [0.15, 0.2) is 54.1 Å².